The van der Waals surface area contributed by atoms with E-state index in [9.17, 15) is 14.9 Å². The molecule has 2 N–H and O–H groups in total. The number of H-pyrrole nitrogens is 1. The summed E-state index contributed by atoms with van der Waals surface area (Å²) < 4.78 is 11.4. The summed E-state index contributed by atoms with van der Waals surface area (Å²) in [5.41, 5.74) is 1.81. The minimum atomic E-state index is -0.520. The van der Waals surface area contributed by atoms with Gasteiger partial charge in [-0.3, -0.25) is 20.0 Å². The molecule has 11 heteroatoms. The summed E-state index contributed by atoms with van der Waals surface area (Å²) in [5.74, 6) is 0.824. The smallest absolute Gasteiger partial charge is 0.273 e. The number of halogens is 2. The lowest BCUT2D eigenvalue weighted by Crippen LogP contribution is -2.13. The van der Waals surface area contributed by atoms with E-state index in [1.807, 2.05) is 6.07 Å². The van der Waals surface area contributed by atoms with E-state index in [1.54, 1.807) is 18.2 Å². The van der Waals surface area contributed by atoms with E-state index in [0.29, 0.717) is 31.8 Å². The number of aromatic nitrogens is 2. The summed E-state index contributed by atoms with van der Waals surface area (Å²) >= 11 is 6.47. The molecule has 1 aliphatic rings. The number of non-ortho nitro benzene ring substituents is 1. The summed E-state index contributed by atoms with van der Waals surface area (Å²) in [6, 6.07) is 9.59. The Morgan fingerprint density at radius 2 is 1.86 bits per heavy atom. The van der Waals surface area contributed by atoms with Crippen LogP contribution in [0.5, 0.6) is 11.5 Å². The van der Waals surface area contributed by atoms with Crippen LogP contribution in [0.4, 0.5) is 11.4 Å². The van der Waals surface area contributed by atoms with Crippen LogP contribution in [0.3, 0.4) is 0 Å². The lowest BCUT2D eigenvalue weighted by Gasteiger charge is -2.08. The van der Waals surface area contributed by atoms with Crippen molar-refractivity contribution in [3.05, 3.63) is 61.2 Å². The number of aromatic amines is 1. The third-order valence-corrected chi connectivity index (χ3v) is 5.22. The highest BCUT2D eigenvalue weighted by atomic mass is 79.9. The predicted octanol–water partition coefficient (Wildman–Crippen LogP) is 4.49. The Hall–Kier alpha value is -2.92. The van der Waals surface area contributed by atoms with E-state index in [-0.39, 0.29) is 18.2 Å². The van der Waals surface area contributed by atoms with Gasteiger partial charge in [0.15, 0.2) is 11.5 Å². The molecular weight excluding hydrogens is 500 g/mol. The van der Waals surface area contributed by atoms with Crippen molar-refractivity contribution < 1.29 is 19.2 Å². The number of ether oxygens (including phenoxy) is 2. The zero-order valence-electron chi connectivity index (χ0n) is 13.9. The van der Waals surface area contributed by atoms with Gasteiger partial charge in [0.1, 0.15) is 5.69 Å². The Morgan fingerprint density at radius 3 is 2.57 bits per heavy atom. The molecule has 0 fully saturated rings. The number of nitrogens with one attached hydrogen (secondary N) is 2. The van der Waals surface area contributed by atoms with Gasteiger partial charge in [-0.1, -0.05) is 0 Å². The van der Waals surface area contributed by atoms with E-state index in [1.165, 1.54) is 12.1 Å². The molecule has 0 aliphatic carbocycles. The molecule has 3 aromatic rings. The number of hydrogen-bond donors (Lipinski definition) is 2. The average molecular weight is 510 g/mol. The minimum absolute atomic E-state index is 0.108. The molecule has 28 heavy (non-hydrogen) atoms. The van der Waals surface area contributed by atoms with Crippen LogP contribution in [0.2, 0.25) is 0 Å². The predicted molar refractivity (Wildman–Crippen MR) is 107 cm³/mol. The molecule has 142 valence electrons. The lowest BCUT2D eigenvalue weighted by atomic mass is 10.1. The van der Waals surface area contributed by atoms with Gasteiger partial charge >= 0.3 is 0 Å². The summed E-state index contributed by atoms with van der Waals surface area (Å²) in [6.07, 6.45) is 0. The monoisotopic (exact) mass is 508 g/mol. The van der Waals surface area contributed by atoms with E-state index < -0.39 is 10.8 Å². The Labute approximate surface area is 174 Å². The molecule has 0 unspecified atom stereocenters. The number of benzene rings is 2. The Morgan fingerprint density at radius 1 is 1.14 bits per heavy atom. The fraction of sp³-hybridized carbons (Fsp3) is 0.0588. The van der Waals surface area contributed by atoms with E-state index in [4.69, 9.17) is 9.47 Å². The Balaban J connectivity index is 1.56. The van der Waals surface area contributed by atoms with E-state index in [2.05, 4.69) is 47.4 Å². The Kier molecular flexibility index (Phi) is 4.77. The average Bonchev–Trinajstić information content (AvgIpc) is 3.32. The van der Waals surface area contributed by atoms with Crippen molar-refractivity contribution in [2.75, 3.05) is 12.1 Å². The van der Waals surface area contributed by atoms with Gasteiger partial charge in [-0.15, -0.1) is 0 Å². The summed E-state index contributed by atoms with van der Waals surface area (Å²) in [6.45, 7) is 0.173. The maximum absolute atomic E-state index is 12.6. The molecule has 1 amide bonds. The van der Waals surface area contributed by atoms with Crippen LogP contribution in [0.25, 0.3) is 11.3 Å². The SMILES string of the molecule is O=C(Nc1c(Br)cc([N+](=O)[O-])cc1Br)c1cc(-c2ccc3c(c2)OCO3)n[nH]1. The van der Waals surface area contributed by atoms with Crippen molar-refractivity contribution in [2.45, 2.75) is 0 Å². The van der Waals surface area contributed by atoms with Gasteiger partial charge in [0, 0.05) is 26.6 Å². The third-order valence-electron chi connectivity index (χ3n) is 3.97. The second kappa shape index (κ2) is 7.24. The highest BCUT2D eigenvalue weighted by Gasteiger charge is 2.19. The first-order valence-corrected chi connectivity index (χ1v) is 9.41. The van der Waals surface area contributed by atoms with Gasteiger partial charge in [0.25, 0.3) is 11.6 Å². The molecule has 0 saturated heterocycles. The standard InChI is InChI=1S/C17H10Br2N4O5/c18-10-4-9(23(25)26)5-11(19)16(10)20-17(24)13-6-12(21-22-13)8-1-2-14-15(3-8)28-7-27-14/h1-6H,7H2,(H,20,24)(H,21,22). The number of rotatable bonds is 4. The van der Waals surface area contributed by atoms with Gasteiger partial charge in [-0.25, -0.2) is 0 Å². The van der Waals surface area contributed by atoms with Gasteiger partial charge in [-0.2, -0.15) is 5.10 Å². The minimum Gasteiger partial charge on any atom is -0.454 e. The Bertz CT molecular complexity index is 1090. The van der Waals surface area contributed by atoms with Crippen molar-refractivity contribution in [2.24, 2.45) is 0 Å². The summed E-state index contributed by atoms with van der Waals surface area (Å²) in [7, 11) is 0. The number of fused-ring (bicyclic) bond motifs is 1. The molecule has 0 atom stereocenters. The number of carbonyl (C=O) groups is 1. The molecule has 0 saturated carbocycles. The van der Waals surface area contributed by atoms with Crippen LogP contribution in [0, 0.1) is 10.1 Å². The van der Waals surface area contributed by atoms with Crippen LogP contribution in [0.1, 0.15) is 10.5 Å². The molecule has 2 heterocycles. The molecular formula is C17H10Br2N4O5. The molecule has 2 aromatic carbocycles. The topological polar surface area (TPSA) is 119 Å². The van der Waals surface area contributed by atoms with Crippen LogP contribution in [-0.4, -0.2) is 27.8 Å². The molecule has 1 aliphatic heterocycles. The van der Waals surface area contributed by atoms with Crippen molar-refractivity contribution in [3.63, 3.8) is 0 Å². The number of anilines is 1. The van der Waals surface area contributed by atoms with Crippen molar-refractivity contribution in [1.82, 2.24) is 10.2 Å². The number of nitrogens with zero attached hydrogens (tertiary/aromatic N) is 2. The summed E-state index contributed by atoms with van der Waals surface area (Å²) in [4.78, 5) is 23.0. The van der Waals surface area contributed by atoms with E-state index >= 15 is 0 Å². The van der Waals surface area contributed by atoms with Crippen LogP contribution in [0.15, 0.2) is 45.3 Å². The van der Waals surface area contributed by atoms with Crippen molar-refractivity contribution in [1.29, 1.82) is 0 Å². The van der Waals surface area contributed by atoms with Gasteiger partial charge < -0.3 is 14.8 Å². The van der Waals surface area contributed by atoms with E-state index in [0.717, 1.165) is 5.56 Å². The highest BCUT2D eigenvalue weighted by molar-refractivity contribution is 9.11. The largest absolute Gasteiger partial charge is 0.454 e. The molecule has 9 nitrogen and oxygen atoms in total. The lowest BCUT2D eigenvalue weighted by molar-refractivity contribution is -0.385. The number of amides is 1. The number of hydrogen-bond acceptors (Lipinski definition) is 6. The second-order valence-electron chi connectivity index (χ2n) is 5.73. The normalized spacial score (nSPS) is 12.1. The zero-order valence-corrected chi connectivity index (χ0v) is 17.0. The van der Waals surface area contributed by atoms with Crippen molar-refractivity contribution in [3.8, 4) is 22.8 Å². The first-order valence-electron chi connectivity index (χ1n) is 7.82. The first kappa shape index (κ1) is 18.4. The fourth-order valence-electron chi connectivity index (χ4n) is 2.61. The van der Waals surface area contributed by atoms with Crippen LogP contribution < -0.4 is 14.8 Å². The molecule has 0 radical (unpaired) electrons. The van der Waals surface area contributed by atoms with Crippen molar-refractivity contribution >= 4 is 49.1 Å². The van der Waals surface area contributed by atoms with Crippen LogP contribution >= 0.6 is 31.9 Å². The molecule has 0 spiro atoms. The van der Waals surface area contributed by atoms with Gasteiger partial charge in [-0.05, 0) is 56.1 Å². The maximum atomic E-state index is 12.6. The third kappa shape index (κ3) is 3.45. The number of nitro benzene ring substituents is 1. The quantitative estimate of drug-likeness (QED) is 0.395. The summed E-state index contributed by atoms with van der Waals surface area (Å²) in [5, 5.41) is 20.5. The molecule has 0 bridgehead atoms. The number of carbonyl (C=O) groups excluding carboxylic acids is 1. The maximum Gasteiger partial charge on any atom is 0.273 e. The molecule has 4 rings (SSSR count). The molecule has 1 aromatic heterocycles. The zero-order chi connectivity index (χ0) is 19.8. The van der Waals surface area contributed by atoms with Gasteiger partial charge in [0.05, 0.1) is 16.3 Å². The highest BCUT2D eigenvalue weighted by Crippen LogP contribution is 2.37. The number of nitro groups is 1. The second-order valence-corrected chi connectivity index (χ2v) is 7.44. The van der Waals surface area contributed by atoms with Crippen LogP contribution in [-0.2, 0) is 0 Å². The first-order chi connectivity index (χ1) is 13.4. The van der Waals surface area contributed by atoms with Gasteiger partial charge in [0.2, 0.25) is 6.79 Å². The fourth-order valence-corrected chi connectivity index (χ4v) is 3.97.